The van der Waals surface area contributed by atoms with Crippen molar-refractivity contribution in [3.63, 3.8) is 0 Å². The fraction of sp³-hybridized carbons (Fsp3) is 0.182. The van der Waals surface area contributed by atoms with E-state index in [0.717, 1.165) is 11.1 Å². The number of nitrogens with one attached hydrogen (secondary N) is 2. The van der Waals surface area contributed by atoms with E-state index < -0.39 is 0 Å². The summed E-state index contributed by atoms with van der Waals surface area (Å²) in [5, 5.41) is 5.68. The zero-order valence-electron chi connectivity index (χ0n) is 15.4. The first-order valence-corrected chi connectivity index (χ1v) is 8.78. The van der Waals surface area contributed by atoms with E-state index in [9.17, 15) is 9.59 Å². The van der Waals surface area contributed by atoms with Crippen molar-refractivity contribution in [2.45, 2.75) is 26.8 Å². The Labute approximate surface area is 158 Å². The van der Waals surface area contributed by atoms with Crippen LogP contribution in [0.1, 0.15) is 32.8 Å². The van der Waals surface area contributed by atoms with Gasteiger partial charge in [-0.1, -0.05) is 30.3 Å². The molecule has 0 bridgehead atoms. The third kappa shape index (κ3) is 5.07. The molecular weight excluding hydrogens is 340 g/mol. The summed E-state index contributed by atoms with van der Waals surface area (Å²) >= 11 is 0. The topological polar surface area (TPSA) is 71.3 Å². The van der Waals surface area contributed by atoms with Gasteiger partial charge in [0.05, 0.1) is 12.7 Å². The van der Waals surface area contributed by atoms with Crippen LogP contribution in [0.4, 0.5) is 5.69 Å². The van der Waals surface area contributed by atoms with E-state index in [1.807, 2.05) is 37.3 Å². The molecule has 138 valence electrons. The third-order valence-corrected chi connectivity index (χ3v) is 4.38. The van der Waals surface area contributed by atoms with Crippen molar-refractivity contribution in [1.29, 1.82) is 0 Å². The Morgan fingerprint density at radius 1 is 0.926 bits per heavy atom. The van der Waals surface area contributed by atoms with Gasteiger partial charge in [0.15, 0.2) is 5.76 Å². The van der Waals surface area contributed by atoms with Crippen molar-refractivity contribution in [3.8, 4) is 0 Å². The van der Waals surface area contributed by atoms with Gasteiger partial charge in [0.1, 0.15) is 0 Å². The lowest BCUT2D eigenvalue weighted by Gasteiger charge is -2.08. The number of anilines is 1. The SMILES string of the molecule is Cc1ccc(CC(=O)NCc2ccc(NC(=O)c3ccco3)cc2)cc1C. The molecule has 0 radical (unpaired) electrons. The summed E-state index contributed by atoms with van der Waals surface area (Å²) in [6, 6.07) is 16.7. The first-order chi connectivity index (χ1) is 13.0. The lowest BCUT2D eigenvalue weighted by molar-refractivity contribution is -0.120. The second-order valence-corrected chi connectivity index (χ2v) is 6.50. The van der Waals surface area contributed by atoms with Gasteiger partial charge in [-0.05, 0) is 60.4 Å². The Morgan fingerprint density at radius 3 is 2.33 bits per heavy atom. The molecule has 0 unspecified atom stereocenters. The van der Waals surface area contributed by atoms with E-state index in [-0.39, 0.29) is 17.6 Å². The van der Waals surface area contributed by atoms with Crippen LogP contribution in [0.25, 0.3) is 0 Å². The van der Waals surface area contributed by atoms with Crippen molar-refractivity contribution >= 4 is 17.5 Å². The average molecular weight is 362 g/mol. The fourth-order valence-corrected chi connectivity index (χ4v) is 2.67. The van der Waals surface area contributed by atoms with Gasteiger partial charge in [-0.15, -0.1) is 0 Å². The van der Waals surface area contributed by atoms with Crippen LogP contribution in [0, 0.1) is 13.8 Å². The highest BCUT2D eigenvalue weighted by molar-refractivity contribution is 6.02. The minimum Gasteiger partial charge on any atom is -0.459 e. The maximum absolute atomic E-state index is 12.1. The second kappa shape index (κ2) is 8.36. The molecule has 2 aromatic carbocycles. The van der Waals surface area contributed by atoms with Crippen LogP contribution in [-0.2, 0) is 17.8 Å². The summed E-state index contributed by atoms with van der Waals surface area (Å²) in [6.45, 7) is 4.54. The lowest BCUT2D eigenvalue weighted by Crippen LogP contribution is -2.24. The van der Waals surface area contributed by atoms with E-state index >= 15 is 0 Å². The van der Waals surface area contributed by atoms with Gasteiger partial charge in [0, 0.05) is 12.2 Å². The van der Waals surface area contributed by atoms with Crippen LogP contribution >= 0.6 is 0 Å². The van der Waals surface area contributed by atoms with Gasteiger partial charge in [-0.2, -0.15) is 0 Å². The monoisotopic (exact) mass is 362 g/mol. The lowest BCUT2D eigenvalue weighted by atomic mass is 10.0. The molecule has 3 rings (SSSR count). The van der Waals surface area contributed by atoms with Gasteiger partial charge < -0.3 is 15.1 Å². The molecule has 27 heavy (non-hydrogen) atoms. The molecule has 0 saturated heterocycles. The Bertz CT molecular complexity index is 929. The Morgan fingerprint density at radius 2 is 1.67 bits per heavy atom. The molecule has 0 atom stereocenters. The largest absolute Gasteiger partial charge is 0.459 e. The normalized spacial score (nSPS) is 10.4. The number of hydrogen-bond donors (Lipinski definition) is 2. The maximum Gasteiger partial charge on any atom is 0.291 e. The summed E-state index contributed by atoms with van der Waals surface area (Å²) in [7, 11) is 0. The molecule has 0 fully saturated rings. The van der Waals surface area contributed by atoms with Crippen molar-refractivity contribution in [2.24, 2.45) is 0 Å². The zero-order chi connectivity index (χ0) is 19.2. The number of rotatable bonds is 6. The predicted octanol–water partition coefficient (Wildman–Crippen LogP) is 4.01. The molecule has 1 heterocycles. The minimum atomic E-state index is -0.297. The number of hydrogen-bond acceptors (Lipinski definition) is 3. The standard InChI is InChI=1S/C22H22N2O3/c1-15-5-6-18(12-16(15)2)13-21(25)23-14-17-7-9-19(10-8-17)24-22(26)20-4-3-11-27-20/h3-12H,13-14H2,1-2H3,(H,23,25)(H,24,26). The quantitative estimate of drug-likeness (QED) is 0.696. The van der Waals surface area contributed by atoms with Gasteiger partial charge in [0.25, 0.3) is 5.91 Å². The molecule has 3 aromatic rings. The second-order valence-electron chi connectivity index (χ2n) is 6.50. The Kier molecular flexibility index (Phi) is 5.71. The predicted molar refractivity (Wildman–Crippen MR) is 105 cm³/mol. The summed E-state index contributed by atoms with van der Waals surface area (Å²) in [6.07, 6.45) is 1.82. The summed E-state index contributed by atoms with van der Waals surface area (Å²) in [5.41, 5.74) is 5.04. The molecule has 0 aliphatic rings. The number of carbonyl (C=O) groups is 2. The van der Waals surface area contributed by atoms with Crippen molar-refractivity contribution in [3.05, 3.63) is 88.9 Å². The molecule has 2 N–H and O–H groups in total. The van der Waals surface area contributed by atoms with Crippen molar-refractivity contribution < 1.29 is 14.0 Å². The molecule has 0 spiro atoms. The smallest absolute Gasteiger partial charge is 0.291 e. The highest BCUT2D eigenvalue weighted by Gasteiger charge is 2.09. The van der Waals surface area contributed by atoms with Crippen LogP contribution in [-0.4, -0.2) is 11.8 Å². The Balaban J connectivity index is 1.50. The number of carbonyl (C=O) groups excluding carboxylic acids is 2. The molecule has 0 aliphatic carbocycles. The number of furan rings is 1. The number of amides is 2. The first-order valence-electron chi connectivity index (χ1n) is 8.78. The summed E-state index contributed by atoms with van der Waals surface area (Å²) in [4.78, 5) is 24.1. The highest BCUT2D eigenvalue weighted by Crippen LogP contribution is 2.13. The highest BCUT2D eigenvalue weighted by atomic mass is 16.3. The summed E-state index contributed by atoms with van der Waals surface area (Å²) < 4.78 is 5.06. The summed E-state index contributed by atoms with van der Waals surface area (Å²) in [5.74, 6) is -0.0550. The average Bonchev–Trinajstić information content (AvgIpc) is 3.19. The van der Waals surface area contributed by atoms with Gasteiger partial charge >= 0.3 is 0 Å². The molecule has 5 nitrogen and oxygen atoms in total. The molecule has 5 heteroatoms. The maximum atomic E-state index is 12.1. The van der Waals surface area contributed by atoms with Crippen LogP contribution < -0.4 is 10.6 Å². The van der Waals surface area contributed by atoms with Gasteiger partial charge in [-0.3, -0.25) is 9.59 Å². The Hall–Kier alpha value is -3.34. The molecule has 1 aromatic heterocycles. The third-order valence-electron chi connectivity index (χ3n) is 4.38. The molecular formula is C22H22N2O3. The minimum absolute atomic E-state index is 0.0200. The first kappa shape index (κ1) is 18.5. The van der Waals surface area contributed by atoms with E-state index in [1.165, 1.54) is 17.4 Å². The number of aryl methyl sites for hydroxylation is 2. The van der Waals surface area contributed by atoms with Crippen molar-refractivity contribution in [2.75, 3.05) is 5.32 Å². The fourth-order valence-electron chi connectivity index (χ4n) is 2.67. The molecule has 2 amide bonds. The van der Waals surface area contributed by atoms with Crippen LogP contribution in [0.5, 0.6) is 0 Å². The van der Waals surface area contributed by atoms with Gasteiger partial charge in [-0.25, -0.2) is 0 Å². The van der Waals surface area contributed by atoms with Crippen LogP contribution in [0.3, 0.4) is 0 Å². The molecule has 0 saturated carbocycles. The molecule has 0 aliphatic heterocycles. The van der Waals surface area contributed by atoms with Crippen LogP contribution in [0.15, 0.2) is 65.3 Å². The van der Waals surface area contributed by atoms with E-state index in [0.29, 0.717) is 18.7 Å². The van der Waals surface area contributed by atoms with E-state index in [1.54, 1.807) is 24.3 Å². The zero-order valence-corrected chi connectivity index (χ0v) is 15.4. The van der Waals surface area contributed by atoms with Gasteiger partial charge in [0.2, 0.25) is 5.91 Å². The van der Waals surface area contributed by atoms with E-state index in [2.05, 4.69) is 17.6 Å². The van der Waals surface area contributed by atoms with E-state index in [4.69, 9.17) is 4.42 Å². The number of benzene rings is 2. The van der Waals surface area contributed by atoms with Crippen LogP contribution in [0.2, 0.25) is 0 Å². The van der Waals surface area contributed by atoms with Crippen molar-refractivity contribution in [1.82, 2.24) is 5.32 Å².